The Bertz CT molecular complexity index is 1230. The molecule has 3 aromatic rings. The normalized spacial score (nSPS) is 12.8. The Balaban J connectivity index is 1.60. The van der Waals surface area contributed by atoms with Crippen LogP contribution in [0.15, 0.2) is 53.7 Å². The average molecular weight is 466 g/mol. The molecular formula is C25H25ClFN5O. The van der Waals surface area contributed by atoms with Gasteiger partial charge in [-0.1, -0.05) is 23.7 Å². The number of benzene rings is 2. The van der Waals surface area contributed by atoms with E-state index >= 15 is 0 Å². The Labute approximate surface area is 197 Å². The van der Waals surface area contributed by atoms with E-state index in [1.807, 2.05) is 38.1 Å². The van der Waals surface area contributed by atoms with Crippen LogP contribution in [0, 0.1) is 19.8 Å². The number of aromatic nitrogens is 1. The number of halogens is 2. The second-order valence-corrected chi connectivity index (χ2v) is 8.45. The van der Waals surface area contributed by atoms with E-state index in [9.17, 15) is 9.18 Å². The highest BCUT2D eigenvalue weighted by Crippen LogP contribution is 2.26. The first-order valence-electron chi connectivity index (χ1n) is 10.7. The van der Waals surface area contributed by atoms with E-state index in [-0.39, 0.29) is 5.91 Å². The minimum Gasteiger partial charge on any atom is -0.355 e. The lowest BCUT2D eigenvalue weighted by Crippen LogP contribution is -2.33. The fourth-order valence-corrected chi connectivity index (χ4v) is 3.76. The van der Waals surface area contributed by atoms with Crippen molar-refractivity contribution in [2.45, 2.75) is 26.9 Å². The van der Waals surface area contributed by atoms with Crippen molar-refractivity contribution < 1.29 is 9.18 Å². The van der Waals surface area contributed by atoms with Crippen LogP contribution in [0.2, 0.25) is 5.02 Å². The van der Waals surface area contributed by atoms with E-state index in [0.29, 0.717) is 40.8 Å². The number of carbonyl (C=O) groups is 1. The fourth-order valence-electron chi connectivity index (χ4n) is 3.64. The van der Waals surface area contributed by atoms with Crippen molar-refractivity contribution in [1.29, 1.82) is 0 Å². The summed E-state index contributed by atoms with van der Waals surface area (Å²) >= 11 is 6.09. The summed E-state index contributed by atoms with van der Waals surface area (Å²) < 4.78 is 14.5. The van der Waals surface area contributed by atoms with Crippen LogP contribution in [0.1, 0.15) is 32.6 Å². The predicted molar refractivity (Wildman–Crippen MR) is 129 cm³/mol. The molecular weight excluding hydrogens is 441 g/mol. The van der Waals surface area contributed by atoms with Gasteiger partial charge in [-0.25, -0.2) is 4.98 Å². The maximum absolute atomic E-state index is 14.5. The van der Waals surface area contributed by atoms with Crippen LogP contribution >= 0.6 is 11.6 Å². The van der Waals surface area contributed by atoms with Crippen molar-refractivity contribution in [1.82, 2.24) is 20.9 Å². The molecule has 2 heterocycles. The molecule has 0 fully saturated rings. The molecule has 2 aromatic carbocycles. The summed E-state index contributed by atoms with van der Waals surface area (Å²) in [5.74, 6) is -0.105. The first-order valence-corrected chi connectivity index (χ1v) is 11.1. The van der Waals surface area contributed by atoms with Gasteiger partial charge < -0.3 is 16.0 Å². The lowest BCUT2D eigenvalue weighted by atomic mass is 9.99. The molecule has 8 heteroatoms. The molecule has 0 bridgehead atoms. The Hall–Kier alpha value is -3.45. The molecule has 33 heavy (non-hydrogen) atoms. The minimum absolute atomic E-state index is 0.247. The predicted octanol–water partition coefficient (Wildman–Crippen LogP) is 4.14. The Morgan fingerprint density at radius 2 is 1.97 bits per heavy atom. The molecule has 6 nitrogen and oxygen atoms in total. The summed E-state index contributed by atoms with van der Waals surface area (Å²) in [6.07, 6.45) is 1.48. The third-order valence-electron chi connectivity index (χ3n) is 5.35. The highest BCUT2D eigenvalue weighted by atomic mass is 35.5. The van der Waals surface area contributed by atoms with Crippen molar-refractivity contribution in [2.24, 2.45) is 4.99 Å². The van der Waals surface area contributed by atoms with Gasteiger partial charge in [-0.3, -0.25) is 9.79 Å². The monoisotopic (exact) mass is 465 g/mol. The number of amides is 1. The molecule has 0 atom stereocenters. The standard InChI is InChI=1S/C25H25ClFN5O/c1-15-7-21(23(27)30-12-15)19-9-18(14-32-25-28-5-6-29-25)10-20(11-19)24(33)31-13-17-3-4-22(26)16(2)8-17/h3-4,7-12H,5-6,13-14H2,1-2H3,(H,31,33)(H2,28,29,32). The van der Waals surface area contributed by atoms with E-state index in [1.165, 1.54) is 6.20 Å². The number of nitrogens with one attached hydrogen (secondary N) is 3. The van der Waals surface area contributed by atoms with Crippen LogP contribution in [-0.4, -0.2) is 29.9 Å². The number of aryl methyl sites for hydroxylation is 2. The van der Waals surface area contributed by atoms with Crippen molar-refractivity contribution in [3.63, 3.8) is 0 Å². The smallest absolute Gasteiger partial charge is 0.251 e. The minimum atomic E-state index is -0.574. The number of hydrogen-bond acceptors (Lipinski definition) is 5. The highest BCUT2D eigenvalue weighted by Gasteiger charge is 2.14. The van der Waals surface area contributed by atoms with Crippen molar-refractivity contribution in [3.05, 3.63) is 87.4 Å². The van der Waals surface area contributed by atoms with Gasteiger partial charge in [0.05, 0.1) is 6.54 Å². The SMILES string of the molecule is Cc1cnc(F)c(-c2cc(CNC3=NCCN3)cc(C(=O)NCc3ccc(Cl)c(C)c3)c2)c1. The molecule has 170 valence electrons. The van der Waals surface area contributed by atoms with Crippen LogP contribution in [-0.2, 0) is 13.1 Å². The summed E-state index contributed by atoms with van der Waals surface area (Å²) in [5, 5.41) is 10.0. The number of aliphatic imine (C=N–C) groups is 1. The molecule has 0 aliphatic carbocycles. The van der Waals surface area contributed by atoms with Crippen molar-refractivity contribution in [2.75, 3.05) is 13.1 Å². The maximum atomic E-state index is 14.5. The van der Waals surface area contributed by atoms with Gasteiger partial charge in [0, 0.05) is 42.0 Å². The molecule has 1 aromatic heterocycles. The van der Waals surface area contributed by atoms with Crippen molar-refractivity contribution in [3.8, 4) is 11.1 Å². The largest absolute Gasteiger partial charge is 0.355 e. The van der Waals surface area contributed by atoms with Crippen LogP contribution in [0.3, 0.4) is 0 Å². The quantitative estimate of drug-likeness (QED) is 0.478. The number of nitrogens with zero attached hydrogens (tertiary/aromatic N) is 2. The summed E-state index contributed by atoms with van der Waals surface area (Å²) in [6.45, 7) is 6.09. The number of hydrogen-bond donors (Lipinski definition) is 3. The van der Waals surface area contributed by atoms with Crippen LogP contribution in [0.4, 0.5) is 4.39 Å². The molecule has 0 radical (unpaired) electrons. The molecule has 4 rings (SSSR count). The third kappa shape index (κ3) is 5.68. The van der Waals surface area contributed by atoms with E-state index < -0.39 is 5.95 Å². The molecule has 0 saturated carbocycles. The molecule has 1 aliphatic heterocycles. The van der Waals surface area contributed by atoms with Crippen LogP contribution in [0.5, 0.6) is 0 Å². The fraction of sp³-hybridized carbons (Fsp3) is 0.240. The summed E-state index contributed by atoms with van der Waals surface area (Å²) in [5.41, 5.74) is 4.96. The summed E-state index contributed by atoms with van der Waals surface area (Å²) in [6, 6.07) is 12.7. The molecule has 1 aliphatic rings. The first kappa shape index (κ1) is 22.7. The van der Waals surface area contributed by atoms with Gasteiger partial charge in [0.25, 0.3) is 5.91 Å². The van der Waals surface area contributed by atoms with Crippen LogP contribution < -0.4 is 16.0 Å². The van der Waals surface area contributed by atoms with E-state index in [0.717, 1.165) is 35.3 Å². The lowest BCUT2D eigenvalue weighted by molar-refractivity contribution is 0.0951. The molecule has 0 unspecified atom stereocenters. The molecule has 3 N–H and O–H groups in total. The van der Waals surface area contributed by atoms with Crippen molar-refractivity contribution >= 4 is 23.5 Å². The average Bonchev–Trinajstić information content (AvgIpc) is 3.33. The lowest BCUT2D eigenvalue weighted by Gasteiger charge is -2.13. The summed E-state index contributed by atoms with van der Waals surface area (Å²) in [7, 11) is 0. The van der Waals surface area contributed by atoms with Gasteiger partial charge in [-0.2, -0.15) is 4.39 Å². The number of pyridine rings is 1. The molecule has 1 amide bonds. The van der Waals surface area contributed by atoms with Gasteiger partial charge >= 0.3 is 0 Å². The maximum Gasteiger partial charge on any atom is 0.251 e. The first-order chi connectivity index (χ1) is 15.9. The topological polar surface area (TPSA) is 78.4 Å². The molecule has 0 spiro atoms. The highest BCUT2D eigenvalue weighted by molar-refractivity contribution is 6.31. The number of guanidine groups is 1. The van der Waals surface area contributed by atoms with Gasteiger partial charge in [-0.15, -0.1) is 0 Å². The Morgan fingerprint density at radius 1 is 1.12 bits per heavy atom. The van der Waals surface area contributed by atoms with Gasteiger partial charge in [0.15, 0.2) is 5.96 Å². The van der Waals surface area contributed by atoms with E-state index in [4.69, 9.17) is 11.6 Å². The summed E-state index contributed by atoms with van der Waals surface area (Å²) in [4.78, 5) is 21.2. The zero-order valence-electron chi connectivity index (χ0n) is 18.5. The Morgan fingerprint density at radius 3 is 2.73 bits per heavy atom. The Kier molecular flexibility index (Phi) is 6.89. The van der Waals surface area contributed by atoms with Gasteiger partial charge in [0.2, 0.25) is 5.95 Å². The number of rotatable bonds is 6. The zero-order chi connectivity index (χ0) is 23.4. The second kappa shape index (κ2) is 10.0. The van der Waals surface area contributed by atoms with E-state index in [1.54, 1.807) is 18.2 Å². The molecule has 0 saturated heterocycles. The second-order valence-electron chi connectivity index (χ2n) is 8.05. The number of carbonyl (C=O) groups excluding carboxylic acids is 1. The van der Waals surface area contributed by atoms with Crippen LogP contribution in [0.25, 0.3) is 11.1 Å². The van der Waals surface area contributed by atoms with Gasteiger partial charge in [-0.05, 0) is 72.0 Å². The zero-order valence-corrected chi connectivity index (χ0v) is 19.3. The van der Waals surface area contributed by atoms with E-state index in [2.05, 4.69) is 25.9 Å². The van der Waals surface area contributed by atoms with Gasteiger partial charge in [0.1, 0.15) is 0 Å². The third-order valence-corrected chi connectivity index (χ3v) is 5.78.